The molecule has 0 bridgehead atoms. The van der Waals surface area contributed by atoms with Gasteiger partial charge in [-0.1, -0.05) is 0 Å². The molecule has 6 N–H and O–H groups in total. The van der Waals surface area contributed by atoms with Crippen LogP contribution in [0.3, 0.4) is 0 Å². The van der Waals surface area contributed by atoms with E-state index in [1.165, 1.54) is 0 Å². The third-order valence-electron chi connectivity index (χ3n) is 2.31. The van der Waals surface area contributed by atoms with Gasteiger partial charge in [-0.2, -0.15) is 0 Å². The Labute approximate surface area is 82.8 Å². The minimum absolute atomic E-state index is 0.120. The highest BCUT2D eigenvalue weighted by molar-refractivity contribution is 4.91. The summed E-state index contributed by atoms with van der Waals surface area (Å²) in [5.41, 5.74) is 11.0. The lowest BCUT2D eigenvalue weighted by Gasteiger charge is -2.40. The Morgan fingerprint density at radius 3 is 2.50 bits per heavy atom. The maximum atomic E-state index is 9.55. The molecule has 14 heavy (non-hydrogen) atoms. The fourth-order valence-corrected chi connectivity index (χ4v) is 1.46. The van der Waals surface area contributed by atoms with E-state index in [1.807, 2.05) is 0 Å². The van der Waals surface area contributed by atoms with E-state index in [0.717, 1.165) is 0 Å². The molecule has 0 aromatic carbocycles. The number of hydrogen-bond donors (Lipinski definition) is 4. The number of aliphatic hydroxyl groups is 2. The summed E-state index contributed by atoms with van der Waals surface area (Å²) in [6, 6.07) is -0.743. The van der Waals surface area contributed by atoms with Crippen molar-refractivity contribution < 1.29 is 19.7 Å². The van der Waals surface area contributed by atoms with Crippen molar-refractivity contribution in [2.75, 3.05) is 13.2 Å². The molecule has 1 aliphatic heterocycles. The molecule has 84 valence electrons. The molecule has 0 radical (unpaired) electrons. The van der Waals surface area contributed by atoms with E-state index in [1.54, 1.807) is 6.92 Å². The summed E-state index contributed by atoms with van der Waals surface area (Å²) in [4.78, 5) is 0. The predicted molar refractivity (Wildman–Crippen MR) is 49.3 cm³/mol. The van der Waals surface area contributed by atoms with Crippen LogP contribution >= 0.6 is 0 Å². The summed E-state index contributed by atoms with van der Waals surface area (Å²) in [6.07, 6.45) is -3.44. The summed E-state index contributed by atoms with van der Waals surface area (Å²) in [5, 5.41) is 19.1. The van der Waals surface area contributed by atoms with Gasteiger partial charge in [0.1, 0.15) is 18.3 Å². The van der Waals surface area contributed by atoms with Gasteiger partial charge >= 0.3 is 0 Å². The van der Waals surface area contributed by atoms with E-state index < -0.39 is 30.6 Å². The SMILES string of the molecule is CCOC1OC(CN)C(O)[C@H](O)[C@@H]1N. The predicted octanol–water partition coefficient (Wildman–Crippen LogP) is -2.24. The van der Waals surface area contributed by atoms with Crippen molar-refractivity contribution in [3.05, 3.63) is 0 Å². The highest BCUT2D eigenvalue weighted by Gasteiger charge is 2.42. The third kappa shape index (κ3) is 2.22. The highest BCUT2D eigenvalue weighted by Crippen LogP contribution is 2.19. The van der Waals surface area contributed by atoms with Crippen LogP contribution in [-0.4, -0.2) is 54.0 Å². The standard InChI is InChI=1S/C8H18N2O4/c1-2-13-8-5(10)7(12)6(11)4(3-9)14-8/h4-8,11-12H,2-3,9-10H2,1H3/t4?,5-,6?,7+,8?/m0/s1. The molecule has 1 rings (SSSR count). The second-order valence-electron chi connectivity index (χ2n) is 3.29. The van der Waals surface area contributed by atoms with Gasteiger partial charge in [0.15, 0.2) is 6.29 Å². The number of ether oxygens (including phenoxy) is 2. The first-order chi connectivity index (χ1) is 6.61. The maximum Gasteiger partial charge on any atom is 0.175 e. The van der Waals surface area contributed by atoms with E-state index in [-0.39, 0.29) is 6.54 Å². The summed E-state index contributed by atoms with van der Waals surface area (Å²) in [5.74, 6) is 0. The summed E-state index contributed by atoms with van der Waals surface area (Å²) in [6.45, 7) is 2.35. The van der Waals surface area contributed by atoms with Gasteiger partial charge in [0.2, 0.25) is 0 Å². The Morgan fingerprint density at radius 1 is 1.36 bits per heavy atom. The van der Waals surface area contributed by atoms with Gasteiger partial charge in [-0.15, -0.1) is 0 Å². The molecular formula is C8H18N2O4. The van der Waals surface area contributed by atoms with Crippen LogP contribution < -0.4 is 11.5 Å². The smallest absolute Gasteiger partial charge is 0.175 e. The molecule has 3 unspecified atom stereocenters. The fraction of sp³-hybridized carbons (Fsp3) is 1.00. The van der Waals surface area contributed by atoms with E-state index in [0.29, 0.717) is 6.61 Å². The van der Waals surface area contributed by atoms with Crippen LogP contribution in [0.25, 0.3) is 0 Å². The van der Waals surface area contributed by atoms with Gasteiger partial charge in [-0.05, 0) is 6.92 Å². The quantitative estimate of drug-likeness (QED) is 0.415. The minimum atomic E-state index is -1.06. The molecule has 6 nitrogen and oxygen atoms in total. The second kappa shape index (κ2) is 5.01. The van der Waals surface area contributed by atoms with Crippen molar-refractivity contribution >= 4 is 0 Å². The Bertz CT molecular complexity index is 177. The Morgan fingerprint density at radius 2 is 2.00 bits per heavy atom. The van der Waals surface area contributed by atoms with Gasteiger partial charge in [-0.3, -0.25) is 0 Å². The summed E-state index contributed by atoms with van der Waals surface area (Å²) in [7, 11) is 0. The average Bonchev–Trinajstić information content (AvgIpc) is 2.19. The minimum Gasteiger partial charge on any atom is -0.388 e. The Kier molecular flexibility index (Phi) is 4.24. The summed E-state index contributed by atoms with van der Waals surface area (Å²) >= 11 is 0. The van der Waals surface area contributed by atoms with Crippen molar-refractivity contribution in [2.45, 2.75) is 37.6 Å². The zero-order valence-electron chi connectivity index (χ0n) is 8.17. The van der Waals surface area contributed by atoms with Gasteiger partial charge in [-0.25, -0.2) is 0 Å². The van der Waals surface area contributed by atoms with Gasteiger partial charge in [0, 0.05) is 13.2 Å². The average molecular weight is 206 g/mol. The maximum absolute atomic E-state index is 9.55. The van der Waals surface area contributed by atoms with E-state index in [2.05, 4.69) is 0 Å². The molecule has 1 fully saturated rings. The van der Waals surface area contributed by atoms with Crippen molar-refractivity contribution in [1.82, 2.24) is 0 Å². The molecule has 1 heterocycles. The van der Waals surface area contributed by atoms with Crippen molar-refractivity contribution in [1.29, 1.82) is 0 Å². The number of aliphatic hydroxyl groups excluding tert-OH is 2. The normalized spacial score (nSPS) is 43.9. The zero-order chi connectivity index (χ0) is 10.7. The monoisotopic (exact) mass is 206 g/mol. The molecule has 1 aliphatic rings. The van der Waals surface area contributed by atoms with Crippen molar-refractivity contribution in [3.63, 3.8) is 0 Å². The molecule has 0 aromatic rings. The summed E-state index contributed by atoms with van der Waals surface area (Å²) < 4.78 is 10.5. The molecule has 5 atom stereocenters. The Balaban J connectivity index is 2.63. The molecule has 0 saturated carbocycles. The van der Waals surface area contributed by atoms with Crippen LogP contribution in [0.1, 0.15) is 6.92 Å². The molecule has 0 aliphatic carbocycles. The zero-order valence-corrected chi connectivity index (χ0v) is 8.17. The molecule has 0 aromatic heterocycles. The lowest BCUT2D eigenvalue weighted by atomic mass is 9.97. The Hall–Kier alpha value is -0.240. The molecule has 1 saturated heterocycles. The van der Waals surface area contributed by atoms with Crippen LogP contribution in [0.5, 0.6) is 0 Å². The first-order valence-corrected chi connectivity index (χ1v) is 4.70. The third-order valence-corrected chi connectivity index (χ3v) is 2.31. The molecular weight excluding hydrogens is 188 g/mol. The van der Waals surface area contributed by atoms with Crippen molar-refractivity contribution in [3.8, 4) is 0 Å². The van der Waals surface area contributed by atoms with Crippen LogP contribution in [0.4, 0.5) is 0 Å². The largest absolute Gasteiger partial charge is 0.388 e. The first-order valence-electron chi connectivity index (χ1n) is 4.70. The van der Waals surface area contributed by atoms with Gasteiger partial charge < -0.3 is 31.2 Å². The second-order valence-corrected chi connectivity index (χ2v) is 3.29. The van der Waals surface area contributed by atoms with E-state index in [4.69, 9.17) is 20.9 Å². The lowest BCUT2D eigenvalue weighted by Crippen LogP contribution is -2.63. The van der Waals surface area contributed by atoms with E-state index in [9.17, 15) is 10.2 Å². The molecule has 0 amide bonds. The van der Waals surface area contributed by atoms with Crippen LogP contribution in [0, 0.1) is 0 Å². The van der Waals surface area contributed by atoms with Crippen LogP contribution in [0.15, 0.2) is 0 Å². The fourth-order valence-electron chi connectivity index (χ4n) is 1.46. The van der Waals surface area contributed by atoms with E-state index >= 15 is 0 Å². The van der Waals surface area contributed by atoms with Gasteiger partial charge in [0.25, 0.3) is 0 Å². The number of hydrogen-bond acceptors (Lipinski definition) is 6. The van der Waals surface area contributed by atoms with Crippen LogP contribution in [0.2, 0.25) is 0 Å². The van der Waals surface area contributed by atoms with Gasteiger partial charge in [0.05, 0.1) is 6.04 Å². The van der Waals surface area contributed by atoms with Crippen molar-refractivity contribution in [2.24, 2.45) is 11.5 Å². The lowest BCUT2D eigenvalue weighted by molar-refractivity contribution is -0.255. The topological polar surface area (TPSA) is 111 Å². The molecule has 0 spiro atoms. The highest BCUT2D eigenvalue weighted by atomic mass is 16.7. The van der Waals surface area contributed by atoms with Crippen LogP contribution in [-0.2, 0) is 9.47 Å². The number of nitrogens with two attached hydrogens (primary N) is 2. The number of rotatable bonds is 3. The molecule has 6 heteroatoms. The first kappa shape index (κ1) is 11.8.